The molecule has 0 heterocycles. The lowest BCUT2D eigenvalue weighted by atomic mass is 9.92. The summed E-state index contributed by atoms with van der Waals surface area (Å²) in [5, 5.41) is 11.8. The Morgan fingerprint density at radius 1 is 1.16 bits per heavy atom. The highest BCUT2D eigenvalue weighted by Crippen LogP contribution is 2.24. The SMILES string of the molecule is CNC(=O)CCC(C(=O)O)c1ccc(C(C)C)cc1. The molecule has 1 atom stereocenters. The van der Waals surface area contributed by atoms with E-state index < -0.39 is 11.9 Å². The van der Waals surface area contributed by atoms with Crippen molar-refractivity contribution in [3.05, 3.63) is 35.4 Å². The van der Waals surface area contributed by atoms with Crippen LogP contribution >= 0.6 is 0 Å². The molecule has 0 spiro atoms. The highest BCUT2D eigenvalue weighted by Gasteiger charge is 2.20. The van der Waals surface area contributed by atoms with E-state index in [-0.39, 0.29) is 12.3 Å². The summed E-state index contributed by atoms with van der Waals surface area (Å²) in [6, 6.07) is 7.60. The van der Waals surface area contributed by atoms with Crippen molar-refractivity contribution in [2.24, 2.45) is 0 Å². The minimum atomic E-state index is -0.888. The third-order valence-corrected chi connectivity index (χ3v) is 3.24. The first-order valence-corrected chi connectivity index (χ1v) is 6.49. The van der Waals surface area contributed by atoms with E-state index in [0.717, 1.165) is 5.56 Å². The Kier molecular flexibility index (Phi) is 5.55. The standard InChI is InChI=1S/C15H21NO3/c1-10(2)11-4-6-12(7-5-11)13(15(18)19)8-9-14(17)16-3/h4-7,10,13H,8-9H2,1-3H3,(H,16,17)(H,18,19). The van der Waals surface area contributed by atoms with Gasteiger partial charge in [-0.25, -0.2) is 0 Å². The molecule has 4 nitrogen and oxygen atoms in total. The average molecular weight is 263 g/mol. The van der Waals surface area contributed by atoms with E-state index in [2.05, 4.69) is 19.2 Å². The molecule has 0 aliphatic carbocycles. The molecule has 1 aromatic rings. The molecule has 0 saturated heterocycles. The molecule has 0 radical (unpaired) electrons. The van der Waals surface area contributed by atoms with Crippen LogP contribution in [0.25, 0.3) is 0 Å². The molecule has 0 aromatic heterocycles. The van der Waals surface area contributed by atoms with Gasteiger partial charge in [0.25, 0.3) is 0 Å². The number of carbonyl (C=O) groups is 2. The van der Waals surface area contributed by atoms with Crippen molar-refractivity contribution >= 4 is 11.9 Å². The molecular weight excluding hydrogens is 242 g/mol. The normalized spacial score (nSPS) is 12.2. The minimum Gasteiger partial charge on any atom is -0.481 e. The van der Waals surface area contributed by atoms with Gasteiger partial charge in [0, 0.05) is 13.5 Å². The molecule has 0 fully saturated rings. The van der Waals surface area contributed by atoms with Gasteiger partial charge in [0.2, 0.25) is 5.91 Å². The molecule has 0 saturated carbocycles. The molecule has 1 amide bonds. The van der Waals surface area contributed by atoms with Crippen molar-refractivity contribution < 1.29 is 14.7 Å². The number of nitrogens with one attached hydrogen (secondary N) is 1. The van der Waals surface area contributed by atoms with Crippen molar-refractivity contribution in [3.63, 3.8) is 0 Å². The summed E-state index contributed by atoms with van der Waals surface area (Å²) in [5.74, 6) is -1.23. The molecule has 4 heteroatoms. The van der Waals surface area contributed by atoms with Crippen LogP contribution in [0.1, 0.15) is 49.7 Å². The number of carboxylic acids is 1. The summed E-state index contributed by atoms with van der Waals surface area (Å²) in [4.78, 5) is 22.5. The summed E-state index contributed by atoms with van der Waals surface area (Å²) < 4.78 is 0. The maximum absolute atomic E-state index is 11.3. The quantitative estimate of drug-likeness (QED) is 0.828. The molecule has 0 bridgehead atoms. The van der Waals surface area contributed by atoms with Crippen LogP contribution in [0.15, 0.2) is 24.3 Å². The topological polar surface area (TPSA) is 66.4 Å². The molecule has 0 aliphatic heterocycles. The molecule has 1 rings (SSSR count). The highest BCUT2D eigenvalue weighted by atomic mass is 16.4. The van der Waals surface area contributed by atoms with Gasteiger partial charge in [0.15, 0.2) is 0 Å². The Morgan fingerprint density at radius 2 is 1.68 bits per heavy atom. The first-order valence-electron chi connectivity index (χ1n) is 6.49. The fourth-order valence-corrected chi connectivity index (χ4v) is 1.95. The van der Waals surface area contributed by atoms with Crippen molar-refractivity contribution in [1.82, 2.24) is 5.32 Å². The van der Waals surface area contributed by atoms with Crippen LogP contribution in [0.4, 0.5) is 0 Å². The van der Waals surface area contributed by atoms with Crippen LogP contribution in [-0.2, 0) is 9.59 Å². The summed E-state index contributed by atoms with van der Waals surface area (Å²) >= 11 is 0. The maximum Gasteiger partial charge on any atom is 0.310 e. The van der Waals surface area contributed by atoms with Crippen molar-refractivity contribution in [3.8, 4) is 0 Å². The van der Waals surface area contributed by atoms with Crippen molar-refractivity contribution in [1.29, 1.82) is 0 Å². The van der Waals surface area contributed by atoms with E-state index in [4.69, 9.17) is 0 Å². The third-order valence-electron chi connectivity index (χ3n) is 3.24. The second kappa shape index (κ2) is 6.92. The van der Waals surface area contributed by atoms with E-state index in [9.17, 15) is 14.7 Å². The van der Waals surface area contributed by atoms with Gasteiger partial charge in [-0.3, -0.25) is 9.59 Å². The first-order chi connectivity index (χ1) is 8.95. The van der Waals surface area contributed by atoms with E-state index in [1.54, 1.807) is 7.05 Å². The number of hydrogen-bond acceptors (Lipinski definition) is 2. The molecule has 1 unspecified atom stereocenters. The monoisotopic (exact) mass is 263 g/mol. The van der Waals surface area contributed by atoms with Gasteiger partial charge in [-0.15, -0.1) is 0 Å². The molecule has 2 N–H and O–H groups in total. The Balaban J connectivity index is 2.81. The van der Waals surface area contributed by atoms with E-state index in [1.807, 2.05) is 24.3 Å². The Bertz CT molecular complexity index is 437. The van der Waals surface area contributed by atoms with Crippen LogP contribution < -0.4 is 5.32 Å². The number of carbonyl (C=O) groups excluding carboxylic acids is 1. The van der Waals surface area contributed by atoms with Gasteiger partial charge in [-0.05, 0) is 23.5 Å². The lowest BCUT2D eigenvalue weighted by Crippen LogP contribution is -2.20. The fraction of sp³-hybridized carbons (Fsp3) is 0.467. The summed E-state index contributed by atoms with van der Waals surface area (Å²) in [5.41, 5.74) is 1.93. The maximum atomic E-state index is 11.3. The summed E-state index contributed by atoms with van der Waals surface area (Å²) in [6.45, 7) is 4.19. The van der Waals surface area contributed by atoms with Gasteiger partial charge in [0.1, 0.15) is 0 Å². The van der Waals surface area contributed by atoms with Gasteiger partial charge in [-0.1, -0.05) is 38.1 Å². The van der Waals surface area contributed by atoms with Crippen molar-refractivity contribution in [2.45, 2.75) is 38.5 Å². The first kappa shape index (κ1) is 15.2. The number of benzene rings is 1. The van der Waals surface area contributed by atoms with Gasteiger partial charge < -0.3 is 10.4 Å². The number of aliphatic carboxylic acids is 1. The van der Waals surface area contributed by atoms with Crippen LogP contribution in [0.2, 0.25) is 0 Å². The molecule has 19 heavy (non-hydrogen) atoms. The Labute approximate surface area is 113 Å². The summed E-state index contributed by atoms with van der Waals surface area (Å²) in [6.07, 6.45) is 0.537. The number of amides is 1. The van der Waals surface area contributed by atoms with Gasteiger partial charge >= 0.3 is 5.97 Å². The molecule has 0 aliphatic rings. The minimum absolute atomic E-state index is 0.134. The highest BCUT2D eigenvalue weighted by molar-refractivity contribution is 5.79. The number of hydrogen-bond donors (Lipinski definition) is 2. The second-order valence-electron chi connectivity index (χ2n) is 4.92. The average Bonchev–Trinajstić information content (AvgIpc) is 2.38. The van der Waals surface area contributed by atoms with Crippen molar-refractivity contribution in [2.75, 3.05) is 7.05 Å². The summed E-state index contributed by atoms with van der Waals surface area (Å²) in [7, 11) is 1.55. The smallest absolute Gasteiger partial charge is 0.310 e. The van der Waals surface area contributed by atoms with Crippen LogP contribution in [0.5, 0.6) is 0 Å². The molecular formula is C15H21NO3. The van der Waals surface area contributed by atoms with Gasteiger partial charge in [-0.2, -0.15) is 0 Å². The lowest BCUT2D eigenvalue weighted by molar-refractivity contribution is -0.139. The fourth-order valence-electron chi connectivity index (χ4n) is 1.95. The van der Waals surface area contributed by atoms with Crippen LogP contribution in [0.3, 0.4) is 0 Å². The Morgan fingerprint density at radius 3 is 2.11 bits per heavy atom. The zero-order valence-corrected chi connectivity index (χ0v) is 11.6. The largest absolute Gasteiger partial charge is 0.481 e. The lowest BCUT2D eigenvalue weighted by Gasteiger charge is -2.13. The van der Waals surface area contributed by atoms with E-state index >= 15 is 0 Å². The molecule has 1 aromatic carbocycles. The van der Waals surface area contributed by atoms with Crippen LogP contribution in [0, 0.1) is 0 Å². The zero-order chi connectivity index (χ0) is 14.4. The predicted molar refractivity (Wildman–Crippen MR) is 74.2 cm³/mol. The molecule has 104 valence electrons. The zero-order valence-electron chi connectivity index (χ0n) is 11.6. The Hall–Kier alpha value is -1.84. The van der Waals surface area contributed by atoms with Gasteiger partial charge in [0.05, 0.1) is 5.92 Å². The van der Waals surface area contributed by atoms with E-state index in [0.29, 0.717) is 12.3 Å². The predicted octanol–water partition coefficient (Wildman–Crippen LogP) is 2.50. The number of carboxylic acid groups (broad SMARTS) is 1. The number of rotatable bonds is 6. The van der Waals surface area contributed by atoms with Crippen LogP contribution in [-0.4, -0.2) is 24.0 Å². The van der Waals surface area contributed by atoms with E-state index in [1.165, 1.54) is 5.56 Å². The third kappa shape index (κ3) is 4.39. The second-order valence-corrected chi connectivity index (χ2v) is 4.92.